The van der Waals surface area contributed by atoms with Gasteiger partial charge in [0.1, 0.15) is 0 Å². The van der Waals surface area contributed by atoms with E-state index in [9.17, 15) is 0 Å². The maximum atomic E-state index is 4.21. The van der Waals surface area contributed by atoms with Gasteiger partial charge in [-0.15, -0.1) is 0 Å². The first-order valence-corrected chi connectivity index (χ1v) is 7.32. The van der Waals surface area contributed by atoms with Crippen LogP contribution in [0.1, 0.15) is 24.1 Å². The fourth-order valence-electron chi connectivity index (χ4n) is 2.64. The fourth-order valence-corrected chi connectivity index (χ4v) is 2.64. The third-order valence-corrected chi connectivity index (χ3v) is 4.07. The normalized spacial score (nSPS) is 12.7. The highest BCUT2D eigenvalue weighted by Gasteiger charge is 2.12. The van der Waals surface area contributed by atoms with Crippen molar-refractivity contribution in [2.75, 3.05) is 7.05 Å². The molecule has 0 aliphatic carbocycles. The molecule has 0 aliphatic heterocycles. The Labute approximate surface area is 126 Å². The average Bonchev–Trinajstić information content (AvgIpc) is 2.55. The Morgan fingerprint density at radius 2 is 1.81 bits per heavy atom. The van der Waals surface area contributed by atoms with Crippen molar-refractivity contribution in [1.82, 2.24) is 9.88 Å². The lowest BCUT2D eigenvalue weighted by atomic mass is 10.1. The summed E-state index contributed by atoms with van der Waals surface area (Å²) >= 11 is 0. The van der Waals surface area contributed by atoms with Crippen LogP contribution >= 0.6 is 0 Å². The molecule has 0 fully saturated rings. The molecule has 1 aromatic heterocycles. The fraction of sp³-hybridized carbons (Fsp3) is 0.211. The molecule has 0 saturated carbocycles. The first-order valence-electron chi connectivity index (χ1n) is 7.32. The van der Waals surface area contributed by atoms with Gasteiger partial charge in [0.2, 0.25) is 0 Å². The number of nitrogens with zero attached hydrogens (tertiary/aromatic N) is 2. The van der Waals surface area contributed by atoms with Crippen molar-refractivity contribution >= 4 is 10.8 Å². The highest BCUT2D eigenvalue weighted by atomic mass is 15.1. The van der Waals surface area contributed by atoms with E-state index < -0.39 is 0 Å². The van der Waals surface area contributed by atoms with E-state index in [1.807, 2.05) is 18.5 Å². The van der Waals surface area contributed by atoms with Gasteiger partial charge in [0, 0.05) is 25.0 Å². The molecule has 2 aromatic carbocycles. The molecule has 3 rings (SSSR count). The van der Waals surface area contributed by atoms with Gasteiger partial charge in [0.05, 0.1) is 0 Å². The average molecular weight is 276 g/mol. The summed E-state index contributed by atoms with van der Waals surface area (Å²) in [5.74, 6) is 0. The van der Waals surface area contributed by atoms with Gasteiger partial charge in [0.15, 0.2) is 0 Å². The Morgan fingerprint density at radius 1 is 1.00 bits per heavy atom. The lowest BCUT2D eigenvalue weighted by Gasteiger charge is -2.25. The Bertz CT molecular complexity index is 722. The van der Waals surface area contributed by atoms with Crippen LogP contribution in [0, 0.1) is 0 Å². The molecular weight excluding hydrogens is 256 g/mol. The van der Waals surface area contributed by atoms with Crippen molar-refractivity contribution in [1.29, 1.82) is 0 Å². The molecule has 2 heteroatoms. The second-order valence-electron chi connectivity index (χ2n) is 5.56. The minimum atomic E-state index is 0.352. The topological polar surface area (TPSA) is 16.1 Å². The van der Waals surface area contributed by atoms with Crippen molar-refractivity contribution in [2.24, 2.45) is 0 Å². The number of hydrogen-bond donors (Lipinski definition) is 0. The summed E-state index contributed by atoms with van der Waals surface area (Å²) in [5, 5.41) is 2.60. The van der Waals surface area contributed by atoms with E-state index in [0.29, 0.717) is 6.04 Å². The van der Waals surface area contributed by atoms with Crippen molar-refractivity contribution in [3.8, 4) is 0 Å². The van der Waals surface area contributed by atoms with Gasteiger partial charge < -0.3 is 0 Å². The van der Waals surface area contributed by atoms with Crippen molar-refractivity contribution in [3.05, 3.63) is 78.1 Å². The Kier molecular flexibility index (Phi) is 3.98. The lowest BCUT2D eigenvalue weighted by molar-refractivity contribution is 0.253. The van der Waals surface area contributed by atoms with Crippen LogP contribution in [0.5, 0.6) is 0 Å². The van der Waals surface area contributed by atoms with E-state index in [0.717, 1.165) is 6.54 Å². The van der Waals surface area contributed by atoms with Crippen LogP contribution < -0.4 is 0 Å². The maximum absolute atomic E-state index is 4.21. The molecule has 0 radical (unpaired) electrons. The SMILES string of the molecule is C[C@@H](c1cccnc1)N(C)Cc1ccc2ccccc2c1. The molecule has 0 N–H and O–H groups in total. The van der Waals surface area contributed by atoms with Gasteiger partial charge in [0.25, 0.3) is 0 Å². The summed E-state index contributed by atoms with van der Waals surface area (Å²) in [6, 6.07) is 19.7. The summed E-state index contributed by atoms with van der Waals surface area (Å²) in [5.41, 5.74) is 2.59. The second-order valence-corrected chi connectivity index (χ2v) is 5.56. The van der Waals surface area contributed by atoms with Crippen LogP contribution in [0.2, 0.25) is 0 Å². The monoisotopic (exact) mass is 276 g/mol. The molecule has 1 atom stereocenters. The van der Waals surface area contributed by atoms with Gasteiger partial charge in [-0.1, -0.05) is 42.5 Å². The van der Waals surface area contributed by atoms with Crippen molar-refractivity contribution in [3.63, 3.8) is 0 Å². The molecule has 106 valence electrons. The molecule has 2 nitrogen and oxygen atoms in total. The lowest BCUT2D eigenvalue weighted by Crippen LogP contribution is -2.21. The predicted molar refractivity (Wildman–Crippen MR) is 88.1 cm³/mol. The van der Waals surface area contributed by atoms with E-state index in [2.05, 4.69) is 72.4 Å². The largest absolute Gasteiger partial charge is 0.295 e. The zero-order valence-electron chi connectivity index (χ0n) is 12.5. The minimum Gasteiger partial charge on any atom is -0.295 e. The number of fused-ring (bicyclic) bond motifs is 1. The molecular formula is C19H20N2. The molecule has 21 heavy (non-hydrogen) atoms. The van der Waals surface area contributed by atoms with E-state index in [1.54, 1.807) is 0 Å². The molecule has 0 aliphatic rings. The third kappa shape index (κ3) is 3.11. The molecule has 0 amide bonds. The number of hydrogen-bond acceptors (Lipinski definition) is 2. The molecule has 0 unspecified atom stereocenters. The van der Waals surface area contributed by atoms with Crippen LogP contribution in [-0.4, -0.2) is 16.9 Å². The zero-order chi connectivity index (χ0) is 14.7. The van der Waals surface area contributed by atoms with E-state index >= 15 is 0 Å². The summed E-state index contributed by atoms with van der Waals surface area (Å²) < 4.78 is 0. The molecule has 3 aromatic rings. The van der Waals surface area contributed by atoms with Gasteiger partial charge >= 0.3 is 0 Å². The van der Waals surface area contributed by atoms with Crippen LogP contribution in [0.25, 0.3) is 10.8 Å². The number of rotatable bonds is 4. The predicted octanol–water partition coefficient (Wildman–Crippen LogP) is 4.43. The standard InChI is InChI=1S/C19H20N2/c1-15(19-8-5-11-20-13-19)21(2)14-16-9-10-17-6-3-4-7-18(17)12-16/h3-13,15H,14H2,1-2H3/t15-/m0/s1. The zero-order valence-corrected chi connectivity index (χ0v) is 12.5. The summed E-state index contributed by atoms with van der Waals surface area (Å²) in [6.07, 6.45) is 3.76. The number of aromatic nitrogens is 1. The Hall–Kier alpha value is -2.19. The van der Waals surface area contributed by atoms with E-state index in [1.165, 1.54) is 21.9 Å². The Balaban J connectivity index is 1.78. The van der Waals surface area contributed by atoms with Gasteiger partial charge in [-0.25, -0.2) is 0 Å². The summed E-state index contributed by atoms with van der Waals surface area (Å²) in [6.45, 7) is 3.15. The van der Waals surface area contributed by atoms with Crippen LogP contribution in [0.3, 0.4) is 0 Å². The molecule has 0 bridgehead atoms. The van der Waals surface area contributed by atoms with E-state index in [-0.39, 0.29) is 0 Å². The van der Waals surface area contributed by atoms with Gasteiger partial charge in [-0.05, 0) is 48.0 Å². The summed E-state index contributed by atoms with van der Waals surface area (Å²) in [4.78, 5) is 6.56. The number of benzene rings is 2. The maximum Gasteiger partial charge on any atom is 0.0335 e. The van der Waals surface area contributed by atoms with Crippen molar-refractivity contribution < 1.29 is 0 Å². The first kappa shape index (κ1) is 13.8. The summed E-state index contributed by atoms with van der Waals surface area (Å²) in [7, 11) is 2.16. The van der Waals surface area contributed by atoms with Gasteiger partial charge in [-0.3, -0.25) is 9.88 Å². The van der Waals surface area contributed by atoms with Crippen LogP contribution in [0.4, 0.5) is 0 Å². The molecule has 1 heterocycles. The quantitative estimate of drug-likeness (QED) is 0.701. The second kappa shape index (κ2) is 6.06. The number of pyridine rings is 1. The minimum absolute atomic E-state index is 0.352. The molecule has 0 spiro atoms. The van der Waals surface area contributed by atoms with E-state index in [4.69, 9.17) is 0 Å². The smallest absolute Gasteiger partial charge is 0.0335 e. The first-order chi connectivity index (χ1) is 10.2. The highest BCUT2D eigenvalue weighted by Crippen LogP contribution is 2.21. The molecule has 0 saturated heterocycles. The van der Waals surface area contributed by atoms with Crippen LogP contribution in [0.15, 0.2) is 67.0 Å². The third-order valence-electron chi connectivity index (χ3n) is 4.07. The highest BCUT2D eigenvalue weighted by molar-refractivity contribution is 5.82. The van der Waals surface area contributed by atoms with Gasteiger partial charge in [-0.2, -0.15) is 0 Å². The Morgan fingerprint density at radius 3 is 2.57 bits per heavy atom. The van der Waals surface area contributed by atoms with Crippen molar-refractivity contribution in [2.45, 2.75) is 19.5 Å². The van der Waals surface area contributed by atoms with Crippen LogP contribution in [-0.2, 0) is 6.54 Å².